The molecule has 0 saturated heterocycles. The van der Waals surface area contributed by atoms with Crippen LogP contribution in [0, 0.1) is 6.92 Å². The monoisotopic (exact) mass is 313 g/mol. The second kappa shape index (κ2) is 6.54. The van der Waals surface area contributed by atoms with Gasteiger partial charge in [-0.1, -0.05) is 19.4 Å². The summed E-state index contributed by atoms with van der Waals surface area (Å²) in [7, 11) is 1.95. The largest absolute Gasteiger partial charge is 0.375 e. The highest BCUT2D eigenvalue weighted by molar-refractivity contribution is 5.99. The molecule has 2 aromatic rings. The number of ether oxygens (including phenoxy) is 1. The summed E-state index contributed by atoms with van der Waals surface area (Å²) in [5, 5.41) is 7.42. The topological polar surface area (TPSA) is 56.1 Å². The van der Waals surface area contributed by atoms with Crippen LogP contribution < -0.4 is 5.32 Å². The number of aromatic nitrogens is 2. The Hall–Kier alpha value is -2.14. The van der Waals surface area contributed by atoms with Crippen LogP contribution in [-0.2, 0) is 29.6 Å². The molecule has 23 heavy (non-hydrogen) atoms. The molecule has 0 bridgehead atoms. The van der Waals surface area contributed by atoms with Crippen molar-refractivity contribution in [2.45, 2.75) is 39.7 Å². The minimum Gasteiger partial charge on any atom is -0.375 e. The average Bonchev–Trinajstić information content (AvgIpc) is 3.01. The molecule has 1 amide bonds. The zero-order valence-electron chi connectivity index (χ0n) is 14.0. The molecule has 122 valence electrons. The Morgan fingerprint density at radius 3 is 3.00 bits per heavy atom. The van der Waals surface area contributed by atoms with E-state index in [0.29, 0.717) is 13.0 Å². The van der Waals surface area contributed by atoms with Gasteiger partial charge in [-0.3, -0.25) is 9.48 Å². The van der Waals surface area contributed by atoms with Gasteiger partial charge in [-0.05, 0) is 36.6 Å². The highest BCUT2D eigenvalue weighted by Crippen LogP contribution is 2.32. The lowest BCUT2D eigenvalue weighted by Gasteiger charge is -2.09. The lowest BCUT2D eigenvalue weighted by molar-refractivity contribution is -0.115. The second-order valence-electron chi connectivity index (χ2n) is 6.03. The van der Waals surface area contributed by atoms with Crippen LogP contribution in [0.25, 0.3) is 11.1 Å². The molecule has 2 heterocycles. The third-order valence-corrected chi connectivity index (χ3v) is 4.24. The maximum atomic E-state index is 11.5. The SMILES string of the molecule is CCCCOCc1c(-c2ccc3c(c2)CC(=O)N3)c(C)nn1C. The van der Waals surface area contributed by atoms with Crippen LogP contribution in [0.1, 0.15) is 36.7 Å². The quantitative estimate of drug-likeness (QED) is 0.833. The molecule has 0 radical (unpaired) electrons. The Labute approximate surface area is 136 Å². The molecular formula is C18H23N3O2. The maximum absolute atomic E-state index is 11.5. The summed E-state index contributed by atoms with van der Waals surface area (Å²) in [6, 6.07) is 6.11. The van der Waals surface area contributed by atoms with Crippen LogP contribution in [0.3, 0.4) is 0 Å². The normalized spacial score (nSPS) is 13.3. The number of anilines is 1. The van der Waals surface area contributed by atoms with Crippen LogP contribution in [0.15, 0.2) is 18.2 Å². The van der Waals surface area contributed by atoms with Crippen molar-refractivity contribution >= 4 is 11.6 Å². The van der Waals surface area contributed by atoms with Gasteiger partial charge in [0.25, 0.3) is 0 Å². The van der Waals surface area contributed by atoms with E-state index in [1.165, 1.54) is 0 Å². The lowest BCUT2D eigenvalue weighted by atomic mass is 10.00. The molecule has 0 unspecified atom stereocenters. The van der Waals surface area contributed by atoms with Crippen molar-refractivity contribution in [2.24, 2.45) is 7.05 Å². The fourth-order valence-electron chi connectivity index (χ4n) is 3.05. The molecule has 0 saturated carbocycles. The van der Waals surface area contributed by atoms with Crippen LogP contribution in [-0.4, -0.2) is 22.3 Å². The van der Waals surface area contributed by atoms with Crippen molar-refractivity contribution in [1.82, 2.24) is 9.78 Å². The Kier molecular flexibility index (Phi) is 4.48. The van der Waals surface area contributed by atoms with Gasteiger partial charge in [0.05, 0.1) is 24.4 Å². The van der Waals surface area contributed by atoms with Gasteiger partial charge in [-0.15, -0.1) is 0 Å². The minimum absolute atomic E-state index is 0.0585. The van der Waals surface area contributed by atoms with Gasteiger partial charge < -0.3 is 10.1 Å². The van der Waals surface area contributed by atoms with Gasteiger partial charge in [0.2, 0.25) is 5.91 Å². The molecule has 0 atom stereocenters. The third-order valence-electron chi connectivity index (χ3n) is 4.24. The number of amides is 1. The predicted molar refractivity (Wildman–Crippen MR) is 90.3 cm³/mol. The maximum Gasteiger partial charge on any atom is 0.228 e. The van der Waals surface area contributed by atoms with Gasteiger partial charge >= 0.3 is 0 Å². The first-order chi connectivity index (χ1) is 11.1. The van der Waals surface area contributed by atoms with Crippen molar-refractivity contribution in [3.8, 4) is 11.1 Å². The van der Waals surface area contributed by atoms with Crippen molar-refractivity contribution in [1.29, 1.82) is 0 Å². The third kappa shape index (κ3) is 3.15. The van der Waals surface area contributed by atoms with E-state index in [0.717, 1.165) is 53.2 Å². The highest BCUT2D eigenvalue weighted by atomic mass is 16.5. The van der Waals surface area contributed by atoms with E-state index in [9.17, 15) is 4.79 Å². The standard InChI is InChI=1S/C18H23N3O2/c1-4-5-8-23-11-16-18(12(2)20-21(16)3)13-6-7-15-14(9-13)10-17(22)19-15/h6-7,9H,4-5,8,10-11H2,1-3H3,(H,19,22). The number of benzene rings is 1. The van der Waals surface area contributed by atoms with E-state index in [1.54, 1.807) is 0 Å². The highest BCUT2D eigenvalue weighted by Gasteiger charge is 2.21. The summed E-state index contributed by atoms with van der Waals surface area (Å²) < 4.78 is 7.69. The van der Waals surface area contributed by atoms with Crippen LogP contribution in [0.4, 0.5) is 5.69 Å². The zero-order chi connectivity index (χ0) is 16.4. The molecule has 5 heteroatoms. The Bertz CT molecular complexity index is 734. The Balaban J connectivity index is 1.90. The Morgan fingerprint density at radius 1 is 1.39 bits per heavy atom. The van der Waals surface area contributed by atoms with Gasteiger partial charge in [-0.25, -0.2) is 0 Å². The number of carbonyl (C=O) groups is 1. The number of nitrogens with one attached hydrogen (secondary N) is 1. The number of rotatable bonds is 6. The van der Waals surface area contributed by atoms with Crippen molar-refractivity contribution in [2.75, 3.05) is 11.9 Å². The minimum atomic E-state index is 0.0585. The van der Waals surface area contributed by atoms with Gasteiger partial charge in [0, 0.05) is 24.9 Å². The fraction of sp³-hybridized carbons (Fsp3) is 0.444. The van der Waals surface area contributed by atoms with Crippen molar-refractivity contribution < 1.29 is 9.53 Å². The lowest BCUT2D eigenvalue weighted by Crippen LogP contribution is -2.03. The number of aryl methyl sites for hydroxylation is 2. The molecule has 1 aromatic carbocycles. The van der Waals surface area contributed by atoms with E-state index >= 15 is 0 Å². The smallest absolute Gasteiger partial charge is 0.228 e. The summed E-state index contributed by atoms with van der Waals surface area (Å²) in [5.41, 5.74) is 6.25. The molecule has 0 spiro atoms. The predicted octanol–water partition coefficient (Wildman–Crippen LogP) is 3.21. The zero-order valence-corrected chi connectivity index (χ0v) is 14.0. The van der Waals surface area contributed by atoms with Gasteiger partial charge in [0.1, 0.15) is 0 Å². The number of hydrogen-bond donors (Lipinski definition) is 1. The van der Waals surface area contributed by atoms with Gasteiger partial charge in [-0.2, -0.15) is 5.10 Å². The van der Waals surface area contributed by atoms with Crippen LogP contribution in [0.2, 0.25) is 0 Å². The van der Waals surface area contributed by atoms with Crippen LogP contribution >= 0.6 is 0 Å². The number of fused-ring (bicyclic) bond motifs is 1. The Morgan fingerprint density at radius 2 is 2.22 bits per heavy atom. The molecule has 3 rings (SSSR count). The first-order valence-corrected chi connectivity index (χ1v) is 8.13. The number of hydrogen-bond acceptors (Lipinski definition) is 3. The second-order valence-corrected chi connectivity index (χ2v) is 6.03. The molecule has 5 nitrogen and oxygen atoms in total. The molecule has 0 fully saturated rings. The summed E-state index contributed by atoms with van der Waals surface area (Å²) >= 11 is 0. The first-order valence-electron chi connectivity index (χ1n) is 8.13. The average molecular weight is 313 g/mol. The molecule has 0 aliphatic carbocycles. The van der Waals surface area contributed by atoms with E-state index in [2.05, 4.69) is 23.4 Å². The van der Waals surface area contributed by atoms with E-state index in [4.69, 9.17) is 4.74 Å². The molecular weight excluding hydrogens is 290 g/mol. The number of carbonyl (C=O) groups excluding carboxylic acids is 1. The number of unbranched alkanes of at least 4 members (excludes halogenated alkanes) is 1. The first kappa shape index (κ1) is 15.7. The summed E-state index contributed by atoms with van der Waals surface area (Å²) in [6.07, 6.45) is 2.65. The van der Waals surface area contributed by atoms with E-state index in [1.807, 2.05) is 30.8 Å². The van der Waals surface area contributed by atoms with Crippen LogP contribution in [0.5, 0.6) is 0 Å². The number of nitrogens with zero attached hydrogens (tertiary/aromatic N) is 2. The van der Waals surface area contributed by atoms with Crippen molar-refractivity contribution in [3.63, 3.8) is 0 Å². The van der Waals surface area contributed by atoms with E-state index < -0.39 is 0 Å². The van der Waals surface area contributed by atoms with Gasteiger partial charge in [0.15, 0.2) is 0 Å². The molecule has 1 aromatic heterocycles. The molecule has 1 aliphatic rings. The molecule has 1 N–H and O–H groups in total. The fourth-order valence-corrected chi connectivity index (χ4v) is 3.05. The molecule has 1 aliphatic heterocycles. The summed E-state index contributed by atoms with van der Waals surface area (Å²) in [4.78, 5) is 11.5. The van der Waals surface area contributed by atoms with E-state index in [-0.39, 0.29) is 5.91 Å². The summed E-state index contributed by atoms with van der Waals surface area (Å²) in [6.45, 7) is 5.49. The van der Waals surface area contributed by atoms with Crippen molar-refractivity contribution in [3.05, 3.63) is 35.2 Å². The summed E-state index contributed by atoms with van der Waals surface area (Å²) in [5.74, 6) is 0.0585.